The third kappa shape index (κ3) is 3.53. The summed E-state index contributed by atoms with van der Waals surface area (Å²) in [5, 5.41) is 3.29. The van der Waals surface area contributed by atoms with E-state index >= 15 is 0 Å². The molecule has 116 valence electrons. The summed E-state index contributed by atoms with van der Waals surface area (Å²) in [5.74, 6) is -0.483. The number of halogens is 1. The van der Waals surface area contributed by atoms with Crippen LogP contribution in [-0.4, -0.2) is 43.6 Å². The van der Waals surface area contributed by atoms with Crippen molar-refractivity contribution in [2.45, 2.75) is 32.2 Å². The molecule has 0 bridgehead atoms. The fourth-order valence-electron chi connectivity index (χ4n) is 2.83. The number of nitrogens with one attached hydrogen (secondary N) is 1. The number of methoxy groups -OCH3 is 1. The zero-order chi connectivity index (χ0) is 15.2. The van der Waals surface area contributed by atoms with Crippen LogP contribution in [0.5, 0.6) is 5.75 Å². The van der Waals surface area contributed by atoms with Crippen LogP contribution in [0.3, 0.4) is 0 Å². The van der Waals surface area contributed by atoms with Crippen LogP contribution < -0.4 is 10.1 Å². The lowest BCUT2D eigenvalue weighted by Crippen LogP contribution is -2.46. The molecule has 1 amide bonds. The van der Waals surface area contributed by atoms with Gasteiger partial charge in [0.05, 0.1) is 7.11 Å². The van der Waals surface area contributed by atoms with Gasteiger partial charge in [0.15, 0.2) is 0 Å². The Kier molecular flexibility index (Phi) is 5.56. The first-order chi connectivity index (χ1) is 10.2. The van der Waals surface area contributed by atoms with Crippen molar-refractivity contribution in [1.82, 2.24) is 10.2 Å². The lowest BCUT2D eigenvalue weighted by molar-refractivity contribution is 0.0634. The minimum absolute atomic E-state index is 0.0481. The van der Waals surface area contributed by atoms with Gasteiger partial charge in [0.25, 0.3) is 5.91 Å². The highest BCUT2D eigenvalue weighted by Crippen LogP contribution is 2.25. The number of nitrogens with zero attached hydrogens (tertiary/aromatic N) is 1. The number of carbonyl (C=O) groups excluding carboxylic acids is 1. The van der Waals surface area contributed by atoms with Gasteiger partial charge >= 0.3 is 0 Å². The molecule has 0 atom stereocenters. The van der Waals surface area contributed by atoms with Crippen LogP contribution in [0.25, 0.3) is 0 Å². The van der Waals surface area contributed by atoms with Gasteiger partial charge in [0.1, 0.15) is 17.1 Å². The number of hydrogen-bond donors (Lipinski definition) is 1. The van der Waals surface area contributed by atoms with Crippen LogP contribution in [0.2, 0.25) is 0 Å². The molecular weight excluding hydrogens is 271 g/mol. The molecule has 1 aromatic carbocycles. The average molecular weight is 294 g/mol. The standard InChI is InChI=1S/C16H23FN2O2/c1-3-11-19(12-7-9-18-10-8-12)16(20)15-13(17)5-4-6-14(15)21-2/h4-6,12,18H,3,7-11H2,1-2H3. The molecule has 1 aliphatic heterocycles. The van der Waals surface area contributed by atoms with Crippen molar-refractivity contribution in [3.8, 4) is 5.75 Å². The van der Waals surface area contributed by atoms with Gasteiger partial charge in [-0.05, 0) is 44.5 Å². The summed E-state index contributed by atoms with van der Waals surface area (Å²) < 4.78 is 19.3. The van der Waals surface area contributed by atoms with Gasteiger partial charge in [-0.2, -0.15) is 0 Å². The molecule has 1 N–H and O–H groups in total. The summed E-state index contributed by atoms with van der Waals surface area (Å²) in [7, 11) is 1.46. The van der Waals surface area contributed by atoms with Gasteiger partial charge in [0, 0.05) is 12.6 Å². The van der Waals surface area contributed by atoms with Crippen molar-refractivity contribution in [2.75, 3.05) is 26.7 Å². The molecule has 0 aliphatic carbocycles. The summed E-state index contributed by atoms with van der Waals surface area (Å²) in [6, 6.07) is 4.66. The molecule has 1 fully saturated rings. The van der Waals surface area contributed by atoms with E-state index in [2.05, 4.69) is 5.32 Å². The van der Waals surface area contributed by atoms with Crippen LogP contribution >= 0.6 is 0 Å². The molecule has 4 nitrogen and oxygen atoms in total. The quantitative estimate of drug-likeness (QED) is 0.907. The molecule has 0 unspecified atom stereocenters. The molecule has 1 saturated heterocycles. The fraction of sp³-hybridized carbons (Fsp3) is 0.562. The minimum Gasteiger partial charge on any atom is -0.496 e. The van der Waals surface area contributed by atoms with Crippen molar-refractivity contribution >= 4 is 5.91 Å². The predicted molar refractivity (Wildman–Crippen MR) is 80.2 cm³/mol. The average Bonchev–Trinajstić information content (AvgIpc) is 2.52. The number of carbonyl (C=O) groups is 1. The van der Waals surface area contributed by atoms with Crippen LogP contribution in [0.4, 0.5) is 4.39 Å². The second-order valence-electron chi connectivity index (χ2n) is 5.30. The first-order valence-electron chi connectivity index (χ1n) is 7.53. The first-order valence-corrected chi connectivity index (χ1v) is 7.53. The molecule has 0 radical (unpaired) electrons. The summed E-state index contributed by atoms with van der Waals surface area (Å²) >= 11 is 0. The Morgan fingerprint density at radius 2 is 2.14 bits per heavy atom. The van der Waals surface area contributed by atoms with E-state index in [1.165, 1.54) is 13.2 Å². The Labute approximate surface area is 125 Å². The topological polar surface area (TPSA) is 41.6 Å². The molecule has 0 saturated carbocycles. The van der Waals surface area contributed by atoms with E-state index in [1.807, 2.05) is 11.8 Å². The van der Waals surface area contributed by atoms with Crippen molar-refractivity contribution in [3.05, 3.63) is 29.6 Å². The number of rotatable bonds is 5. The van der Waals surface area contributed by atoms with E-state index in [0.717, 1.165) is 32.4 Å². The number of benzene rings is 1. The molecule has 0 spiro atoms. The zero-order valence-electron chi connectivity index (χ0n) is 12.7. The van der Waals surface area contributed by atoms with Gasteiger partial charge in [0.2, 0.25) is 0 Å². The van der Waals surface area contributed by atoms with Gasteiger partial charge in [-0.25, -0.2) is 4.39 Å². The van der Waals surface area contributed by atoms with E-state index in [-0.39, 0.29) is 17.5 Å². The van der Waals surface area contributed by atoms with Gasteiger partial charge in [-0.1, -0.05) is 13.0 Å². The number of ether oxygens (including phenoxy) is 1. The summed E-state index contributed by atoms with van der Waals surface area (Å²) in [5.41, 5.74) is 0.0481. The summed E-state index contributed by atoms with van der Waals surface area (Å²) in [4.78, 5) is 14.6. The Balaban J connectivity index is 2.29. The van der Waals surface area contributed by atoms with E-state index in [1.54, 1.807) is 12.1 Å². The number of amides is 1. The largest absolute Gasteiger partial charge is 0.496 e. The Morgan fingerprint density at radius 1 is 1.43 bits per heavy atom. The SMILES string of the molecule is CCCN(C(=O)c1c(F)cccc1OC)C1CCNCC1. The Hall–Kier alpha value is -1.62. The van der Waals surface area contributed by atoms with Gasteiger partial charge < -0.3 is 15.0 Å². The van der Waals surface area contributed by atoms with Crippen LogP contribution in [0.1, 0.15) is 36.5 Å². The molecule has 2 rings (SSSR count). The highest BCUT2D eigenvalue weighted by molar-refractivity contribution is 5.97. The maximum atomic E-state index is 14.1. The van der Waals surface area contributed by atoms with Crippen LogP contribution in [-0.2, 0) is 0 Å². The van der Waals surface area contributed by atoms with Crippen LogP contribution in [0.15, 0.2) is 18.2 Å². The smallest absolute Gasteiger partial charge is 0.260 e. The molecule has 0 aromatic heterocycles. The third-order valence-electron chi connectivity index (χ3n) is 3.88. The van der Waals surface area contributed by atoms with E-state index in [9.17, 15) is 9.18 Å². The molecule has 1 aromatic rings. The van der Waals surface area contributed by atoms with Crippen molar-refractivity contribution in [2.24, 2.45) is 0 Å². The highest BCUT2D eigenvalue weighted by Gasteiger charge is 2.29. The molecule has 5 heteroatoms. The van der Waals surface area contributed by atoms with E-state index in [0.29, 0.717) is 12.3 Å². The van der Waals surface area contributed by atoms with Crippen molar-refractivity contribution in [1.29, 1.82) is 0 Å². The Morgan fingerprint density at radius 3 is 2.76 bits per heavy atom. The molecule has 1 aliphatic rings. The van der Waals surface area contributed by atoms with E-state index < -0.39 is 5.82 Å². The maximum absolute atomic E-state index is 14.1. The molecule has 1 heterocycles. The summed E-state index contributed by atoms with van der Waals surface area (Å²) in [6.45, 7) is 4.46. The second kappa shape index (κ2) is 7.41. The van der Waals surface area contributed by atoms with Gasteiger partial charge in [-0.15, -0.1) is 0 Å². The monoisotopic (exact) mass is 294 g/mol. The van der Waals surface area contributed by atoms with Gasteiger partial charge in [-0.3, -0.25) is 4.79 Å². The predicted octanol–water partition coefficient (Wildman–Crippen LogP) is 2.44. The third-order valence-corrected chi connectivity index (χ3v) is 3.88. The van der Waals surface area contributed by atoms with Crippen molar-refractivity contribution in [3.63, 3.8) is 0 Å². The van der Waals surface area contributed by atoms with Crippen LogP contribution in [0, 0.1) is 5.82 Å². The number of hydrogen-bond acceptors (Lipinski definition) is 3. The first kappa shape index (κ1) is 15.8. The fourth-order valence-corrected chi connectivity index (χ4v) is 2.83. The maximum Gasteiger partial charge on any atom is 0.260 e. The molecular formula is C16H23FN2O2. The highest BCUT2D eigenvalue weighted by atomic mass is 19.1. The zero-order valence-corrected chi connectivity index (χ0v) is 12.7. The molecule has 21 heavy (non-hydrogen) atoms. The van der Waals surface area contributed by atoms with E-state index in [4.69, 9.17) is 4.74 Å². The lowest BCUT2D eigenvalue weighted by atomic mass is 10.0. The summed E-state index contributed by atoms with van der Waals surface area (Å²) in [6.07, 6.45) is 2.66. The lowest BCUT2D eigenvalue weighted by Gasteiger charge is -2.35. The Bertz CT molecular complexity index is 487. The van der Waals surface area contributed by atoms with Crippen molar-refractivity contribution < 1.29 is 13.9 Å². The minimum atomic E-state index is -0.519. The second-order valence-corrected chi connectivity index (χ2v) is 5.30. The number of piperidine rings is 1. The normalized spacial score (nSPS) is 15.8.